The lowest BCUT2D eigenvalue weighted by atomic mass is 10.2. The Morgan fingerprint density at radius 3 is 1.74 bits per heavy atom. The van der Waals surface area contributed by atoms with E-state index in [9.17, 15) is 0 Å². The van der Waals surface area contributed by atoms with E-state index in [0.29, 0.717) is 0 Å². The summed E-state index contributed by atoms with van der Waals surface area (Å²) in [6, 6.07) is 28.3. The van der Waals surface area contributed by atoms with E-state index < -0.39 is 0 Å². The lowest BCUT2D eigenvalue weighted by molar-refractivity contribution is 1.18. The van der Waals surface area contributed by atoms with Crippen LogP contribution in [0.15, 0.2) is 72.8 Å². The maximum atomic E-state index is 3.08. The molecule has 0 saturated carbocycles. The van der Waals surface area contributed by atoms with Gasteiger partial charge in [-0.25, -0.2) is 0 Å². The molecule has 0 amide bonds. The highest BCUT2D eigenvalue weighted by Gasteiger charge is 2.10. The van der Waals surface area contributed by atoms with Crippen LogP contribution in [0.25, 0.3) is 27.5 Å². The van der Waals surface area contributed by atoms with Crippen LogP contribution < -0.4 is 0 Å². The van der Waals surface area contributed by atoms with Crippen LogP contribution in [-0.4, -0.2) is 4.57 Å². The highest BCUT2D eigenvalue weighted by atomic mass is 15.0. The van der Waals surface area contributed by atoms with Crippen LogP contribution in [0, 0.1) is 6.07 Å². The minimum absolute atomic E-state index is 1.18. The number of hydrogen-bond donors (Lipinski definition) is 0. The van der Waals surface area contributed by atoms with Gasteiger partial charge >= 0.3 is 0 Å². The second-order valence-electron chi connectivity index (χ2n) is 4.63. The molecule has 1 heterocycles. The molecule has 0 unspecified atom stereocenters. The Hall–Kier alpha value is -2.54. The fourth-order valence-electron chi connectivity index (χ4n) is 2.73. The molecule has 1 radical (unpaired) electrons. The Labute approximate surface area is 111 Å². The number of rotatable bonds is 1. The average Bonchev–Trinajstić information content (AvgIpc) is 2.83. The lowest BCUT2D eigenvalue weighted by Crippen LogP contribution is -1.92. The fraction of sp³-hybridized carbons (Fsp3) is 0. The first-order valence-electron chi connectivity index (χ1n) is 6.40. The van der Waals surface area contributed by atoms with Gasteiger partial charge in [0.15, 0.2) is 0 Å². The Bertz CT molecular complexity index is 803. The Kier molecular flexibility index (Phi) is 2.18. The van der Waals surface area contributed by atoms with E-state index in [1.54, 1.807) is 0 Å². The van der Waals surface area contributed by atoms with E-state index >= 15 is 0 Å². The molecule has 1 aromatic heterocycles. The molecule has 0 saturated heterocycles. The van der Waals surface area contributed by atoms with Crippen LogP contribution in [0.2, 0.25) is 0 Å². The number of aromatic nitrogens is 1. The van der Waals surface area contributed by atoms with Crippen molar-refractivity contribution in [1.82, 2.24) is 4.57 Å². The van der Waals surface area contributed by atoms with Crippen molar-refractivity contribution in [3.8, 4) is 5.69 Å². The minimum Gasteiger partial charge on any atom is -0.309 e. The second-order valence-corrected chi connectivity index (χ2v) is 4.63. The zero-order valence-electron chi connectivity index (χ0n) is 10.4. The topological polar surface area (TPSA) is 4.93 Å². The van der Waals surface area contributed by atoms with Crippen molar-refractivity contribution in [3.63, 3.8) is 0 Å². The summed E-state index contributed by atoms with van der Waals surface area (Å²) in [7, 11) is 0. The summed E-state index contributed by atoms with van der Waals surface area (Å²) in [6.45, 7) is 0. The molecule has 1 nitrogen and oxygen atoms in total. The molecule has 4 rings (SSSR count). The molecule has 89 valence electrons. The van der Waals surface area contributed by atoms with Crippen molar-refractivity contribution >= 4 is 21.8 Å². The summed E-state index contributed by atoms with van der Waals surface area (Å²) in [4.78, 5) is 0. The predicted octanol–water partition coefficient (Wildman–Crippen LogP) is 4.58. The Balaban J connectivity index is 2.24. The normalized spacial score (nSPS) is 11.2. The van der Waals surface area contributed by atoms with Gasteiger partial charge in [-0.15, -0.1) is 0 Å². The minimum atomic E-state index is 1.18. The smallest absolute Gasteiger partial charge is 0.0541 e. The van der Waals surface area contributed by atoms with E-state index in [0.717, 1.165) is 0 Å². The van der Waals surface area contributed by atoms with Gasteiger partial charge in [-0.05, 0) is 30.3 Å². The van der Waals surface area contributed by atoms with E-state index in [4.69, 9.17) is 0 Å². The molecule has 19 heavy (non-hydrogen) atoms. The molecular weight excluding hydrogens is 230 g/mol. The van der Waals surface area contributed by atoms with Crippen molar-refractivity contribution in [3.05, 3.63) is 78.9 Å². The SMILES string of the molecule is [c]1ccc(-n2c3ccccc3c3ccccc32)cc1. The fourth-order valence-corrected chi connectivity index (χ4v) is 2.73. The number of benzene rings is 3. The van der Waals surface area contributed by atoms with Crippen molar-refractivity contribution in [2.75, 3.05) is 0 Å². The van der Waals surface area contributed by atoms with Gasteiger partial charge in [-0.3, -0.25) is 0 Å². The predicted molar refractivity (Wildman–Crippen MR) is 79.6 cm³/mol. The largest absolute Gasteiger partial charge is 0.309 e. The highest BCUT2D eigenvalue weighted by molar-refractivity contribution is 6.09. The van der Waals surface area contributed by atoms with Crippen molar-refractivity contribution in [2.24, 2.45) is 0 Å². The molecule has 0 aliphatic heterocycles. The molecule has 0 N–H and O–H groups in total. The van der Waals surface area contributed by atoms with Gasteiger partial charge in [-0.1, -0.05) is 48.5 Å². The molecule has 3 aromatic carbocycles. The Morgan fingerprint density at radius 1 is 0.632 bits per heavy atom. The second kappa shape index (κ2) is 3.99. The first-order chi connectivity index (χ1) is 9.45. The van der Waals surface area contributed by atoms with Gasteiger partial charge < -0.3 is 4.57 Å². The molecule has 1 heteroatoms. The number of hydrogen-bond acceptors (Lipinski definition) is 0. The highest BCUT2D eigenvalue weighted by Crippen LogP contribution is 2.31. The third-order valence-corrected chi connectivity index (χ3v) is 3.54. The van der Waals surface area contributed by atoms with Crippen molar-refractivity contribution in [1.29, 1.82) is 0 Å². The van der Waals surface area contributed by atoms with E-state index in [2.05, 4.69) is 71.3 Å². The van der Waals surface area contributed by atoms with E-state index in [1.165, 1.54) is 27.5 Å². The first kappa shape index (κ1) is 10.4. The van der Waals surface area contributed by atoms with E-state index in [1.807, 2.05) is 12.1 Å². The maximum absolute atomic E-state index is 3.08. The molecule has 4 aromatic rings. The van der Waals surface area contributed by atoms with Crippen molar-refractivity contribution in [2.45, 2.75) is 0 Å². The third-order valence-electron chi connectivity index (χ3n) is 3.54. The Morgan fingerprint density at radius 2 is 1.16 bits per heavy atom. The monoisotopic (exact) mass is 242 g/mol. The van der Waals surface area contributed by atoms with Gasteiger partial charge in [0.25, 0.3) is 0 Å². The van der Waals surface area contributed by atoms with Crippen molar-refractivity contribution < 1.29 is 0 Å². The molecule has 0 aliphatic carbocycles. The molecule has 0 aliphatic rings. The summed E-state index contributed by atoms with van der Waals surface area (Å²) in [5.74, 6) is 0. The van der Waals surface area contributed by atoms with Crippen LogP contribution in [0.1, 0.15) is 0 Å². The van der Waals surface area contributed by atoms with Gasteiger partial charge in [0.1, 0.15) is 0 Å². The summed E-state index contributed by atoms with van der Waals surface area (Å²) in [5.41, 5.74) is 3.67. The lowest BCUT2D eigenvalue weighted by Gasteiger charge is -2.06. The summed E-state index contributed by atoms with van der Waals surface area (Å²) in [5, 5.41) is 2.59. The van der Waals surface area contributed by atoms with Gasteiger partial charge in [0.05, 0.1) is 11.0 Å². The van der Waals surface area contributed by atoms with Crippen LogP contribution in [0.4, 0.5) is 0 Å². The van der Waals surface area contributed by atoms with Crippen LogP contribution in [0.3, 0.4) is 0 Å². The van der Waals surface area contributed by atoms with Gasteiger partial charge in [-0.2, -0.15) is 0 Å². The number of fused-ring (bicyclic) bond motifs is 3. The number of para-hydroxylation sites is 2. The molecule has 0 spiro atoms. The third kappa shape index (κ3) is 1.48. The number of nitrogens with zero attached hydrogens (tertiary/aromatic N) is 1. The molecule has 0 fully saturated rings. The molecule has 0 atom stereocenters. The van der Waals surface area contributed by atoms with Gasteiger partial charge in [0, 0.05) is 16.5 Å². The van der Waals surface area contributed by atoms with Gasteiger partial charge in [0.2, 0.25) is 0 Å². The first-order valence-corrected chi connectivity index (χ1v) is 6.40. The quantitative estimate of drug-likeness (QED) is 0.460. The summed E-state index contributed by atoms with van der Waals surface area (Å²) < 4.78 is 2.30. The maximum Gasteiger partial charge on any atom is 0.0541 e. The average molecular weight is 242 g/mol. The van der Waals surface area contributed by atoms with Crippen LogP contribution >= 0.6 is 0 Å². The van der Waals surface area contributed by atoms with Crippen LogP contribution in [0.5, 0.6) is 0 Å². The summed E-state index contributed by atoms with van der Waals surface area (Å²) in [6.07, 6.45) is 0. The zero-order valence-corrected chi connectivity index (χ0v) is 10.4. The van der Waals surface area contributed by atoms with E-state index in [-0.39, 0.29) is 0 Å². The summed E-state index contributed by atoms with van der Waals surface area (Å²) >= 11 is 0. The zero-order chi connectivity index (χ0) is 12.7. The van der Waals surface area contributed by atoms with Crippen LogP contribution in [-0.2, 0) is 0 Å². The molecular formula is C18H12N. The standard InChI is InChI=1S/C18H12N/c1-2-8-14(9-3-1)19-17-12-6-4-10-15(17)16-11-5-7-13-18(16)19/h2-13H. The molecule has 0 bridgehead atoms.